The first kappa shape index (κ1) is 16.6. The van der Waals surface area contributed by atoms with Gasteiger partial charge in [0.15, 0.2) is 5.82 Å². The SMILES string of the molecule is CCOC(=O)C1CCCCN1Cc1nc(Cc2ccccc2)no1. The number of hydrogen-bond acceptors (Lipinski definition) is 6. The van der Waals surface area contributed by atoms with Crippen molar-refractivity contribution in [3.05, 3.63) is 47.6 Å². The second-order valence-electron chi connectivity index (χ2n) is 6.00. The molecule has 0 spiro atoms. The first-order chi connectivity index (χ1) is 11.8. The second kappa shape index (κ2) is 8.06. The van der Waals surface area contributed by atoms with E-state index in [0.717, 1.165) is 31.4 Å². The maximum Gasteiger partial charge on any atom is 0.323 e. The Morgan fingerprint density at radius 1 is 1.33 bits per heavy atom. The molecule has 1 aliphatic rings. The summed E-state index contributed by atoms with van der Waals surface area (Å²) < 4.78 is 10.6. The number of piperidine rings is 1. The van der Waals surface area contributed by atoms with Gasteiger partial charge in [-0.15, -0.1) is 0 Å². The highest BCUT2D eigenvalue weighted by Crippen LogP contribution is 2.20. The molecule has 128 valence electrons. The maximum absolute atomic E-state index is 12.1. The molecule has 1 unspecified atom stereocenters. The number of carbonyl (C=O) groups excluding carboxylic acids is 1. The Kier molecular flexibility index (Phi) is 5.59. The van der Waals surface area contributed by atoms with Gasteiger partial charge in [-0.05, 0) is 31.9 Å². The maximum atomic E-state index is 12.1. The van der Waals surface area contributed by atoms with E-state index >= 15 is 0 Å². The lowest BCUT2D eigenvalue weighted by Crippen LogP contribution is -2.45. The van der Waals surface area contributed by atoms with Gasteiger partial charge in [0.2, 0.25) is 5.89 Å². The number of nitrogens with zero attached hydrogens (tertiary/aromatic N) is 3. The van der Waals surface area contributed by atoms with E-state index in [4.69, 9.17) is 9.26 Å². The fourth-order valence-electron chi connectivity index (χ4n) is 3.06. The molecule has 1 aromatic carbocycles. The molecule has 0 bridgehead atoms. The number of ether oxygens (including phenoxy) is 1. The smallest absolute Gasteiger partial charge is 0.323 e. The topological polar surface area (TPSA) is 68.5 Å². The molecule has 1 saturated heterocycles. The van der Waals surface area contributed by atoms with E-state index in [1.807, 2.05) is 37.3 Å². The van der Waals surface area contributed by atoms with Crippen molar-refractivity contribution in [3.63, 3.8) is 0 Å². The molecule has 3 rings (SSSR count). The van der Waals surface area contributed by atoms with Gasteiger partial charge in [0.1, 0.15) is 6.04 Å². The highest BCUT2D eigenvalue weighted by molar-refractivity contribution is 5.75. The average molecular weight is 329 g/mol. The number of aromatic nitrogens is 2. The number of carbonyl (C=O) groups is 1. The summed E-state index contributed by atoms with van der Waals surface area (Å²) in [4.78, 5) is 18.7. The largest absolute Gasteiger partial charge is 0.465 e. The molecule has 2 heterocycles. The van der Waals surface area contributed by atoms with Crippen molar-refractivity contribution >= 4 is 5.97 Å². The van der Waals surface area contributed by atoms with Crippen molar-refractivity contribution in [3.8, 4) is 0 Å². The van der Waals surface area contributed by atoms with E-state index in [2.05, 4.69) is 15.0 Å². The molecule has 6 nitrogen and oxygen atoms in total. The number of benzene rings is 1. The zero-order valence-corrected chi connectivity index (χ0v) is 14.0. The van der Waals surface area contributed by atoms with E-state index in [-0.39, 0.29) is 12.0 Å². The molecular formula is C18H23N3O3. The molecule has 0 aliphatic carbocycles. The van der Waals surface area contributed by atoms with Crippen LogP contribution < -0.4 is 0 Å². The first-order valence-corrected chi connectivity index (χ1v) is 8.52. The third-order valence-corrected chi connectivity index (χ3v) is 4.23. The molecule has 1 aromatic heterocycles. The summed E-state index contributed by atoms with van der Waals surface area (Å²) >= 11 is 0. The van der Waals surface area contributed by atoms with Crippen LogP contribution in [0.2, 0.25) is 0 Å². The van der Waals surface area contributed by atoms with Crippen LogP contribution in [0.3, 0.4) is 0 Å². The van der Waals surface area contributed by atoms with Crippen LogP contribution in [0.4, 0.5) is 0 Å². The van der Waals surface area contributed by atoms with Crippen LogP contribution in [-0.4, -0.2) is 40.2 Å². The van der Waals surface area contributed by atoms with Crippen molar-refractivity contribution < 1.29 is 14.1 Å². The molecule has 0 saturated carbocycles. The molecular weight excluding hydrogens is 306 g/mol. The van der Waals surface area contributed by atoms with Gasteiger partial charge < -0.3 is 9.26 Å². The average Bonchev–Trinajstić information content (AvgIpc) is 3.03. The quantitative estimate of drug-likeness (QED) is 0.759. The van der Waals surface area contributed by atoms with Crippen LogP contribution in [0.15, 0.2) is 34.9 Å². The summed E-state index contributed by atoms with van der Waals surface area (Å²) in [6, 6.07) is 9.84. The molecule has 0 N–H and O–H groups in total. The van der Waals surface area contributed by atoms with E-state index in [0.29, 0.717) is 31.3 Å². The fraction of sp³-hybridized carbons (Fsp3) is 0.500. The van der Waals surface area contributed by atoms with Gasteiger partial charge >= 0.3 is 5.97 Å². The van der Waals surface area contributed by atoms with Crippen molar-refractivity contribution in [1.29, 1.82) is 0 Å². The van der Waals surface area contributed by atoms with Gasteiger partial charge in [0.25, 0.3) is 0 Å². The summed E-state index contributed by atoms with van der Waals surface area (Å²) in [5.74, 6) is 1.07. The highest BCUT2D eigenvalue weighted by Gasteiger charge is 2.30. The Balaban J connectivity index is 1.63. The molecule has 1 atom stereocenters. The fourth-order valence-corrected chi connectivity index (χ4v) is 3.06. The van der Waals surface area contributed by atoms with E-state index in [1.165, 1.54) is 0 Å². The number of hydrogen-bond donors (Lipinski definition) is 0. The van der Waals surface area contributed by atoms with Gasteiger partial charge in [-0.25, -0.2) is 0 Å². The van der Waals surface area contributed by atoms with Crippen LogP contribution >= 0.6 is 0 Å². The minimum Gasteiger partial charge on any atom is -0.465 e. The minimum atomic E-state index is -0.205. The van der Waals surface area contributed by atoms with Crippen molar-refractivity contribution in [2.75, 3.05) is 13.2 Å². The lowest BCUT2D eigenvalue weighted by Gasteiger charge is -2.32. The minimum absolute atomic E-state index is 0.152. The lowest BCUT2D eigenvalue weighted by atomic mass is 10.0. The van der Waals surface area contributed by atoms with Crippen molar-refractivity contribution in [2.24, 2.45) is 0 Å². The standard InChI is InChI=1S/C18H23N3O3/c1-2-23-18(22)15-10-6-7-11-21(15)13-17-19-16(20-24-17)12-14-8-4-3-5-9-14/h3-5,8-9,15H,2,6-7,10-13H2,1H3. The Labute approximate surface area is 141 Å². The van der Waals surface area contributed by atoms with E-state index < -0.39 is 0 Å². The van der Waals surface area contributed by atoms with E-state index in [1.54, 1.807) is 0 Å². The Morgan fingerprint density at radius 2 is 2.17 bits per heavy atom. The van der Waals surface area contributed by atoms with Gasteiger partial charge in [-0.2, -0.15) is 4.98 Å². The molecule has 24 heavy (non-hydrogen) atoms. The zero-order chi connectivity index (χ0) is 16.8. The third kappa shape index (κ3) is 4.20. The summed E-state index contributed by atoms with van der Waals surface area (Å²) in [5.41, 5.74) is 1.15. The summed E-state index contributed by atoms with van der Waals surface area (Å²) in [7, 11) is 0. The van der Waals surface area contributed by atoms with Crippen LogP contribution in [-0.2, 0) is 22.5 Å². The summed E-state index contributed by atoms with van der Waals surface area (Å²) in [6.45, 7) is 3.58. The second-order valence-corrected chi connectivity index (χ2v) is 6.00. The molecule has 2 aromatic rings. The monoisotopic (exact) mass is 329 g/mol. The number of likely N-dealkylation sites (tertiary alicyclic amines) is 1. The number of esters is 1. The summed E-state index contributed by atoms with van der Waals surface area (Å²) in [6.07, 6.45) is 3.58. The Hall–Kier alpha value is -2.21. The van der Waals surface area contributed by atoms with Gasteiger partial charge in [0, 0.05) is 6.42 Å². The highest BCUT2D eigenvalue weighted by atomic mass is 16.5. The predicted molar refractivity (Wildman–Crippen MR) is 88.2 cm³/mol. The molecule has 1 fully saturated rings. The predicted octanol–water partition coefficient (Wildman–Crippen LogP) is 2.58. The third-order valence-electron chi connectivity index (χ3n) is 4.23. The van der Waals surface area contributed by atoms with Gasteiger partial charge in [-0.3, -0.25) is 9.69 Å². The zero-order valence-electron chi connectivity index (χ0n) is 14.0. The number of rotatable bonds is 6. The van der Waals surface area contributed by atoms with Crippen LogP contribution in [0.1, 0.15) is 43.5 Å². The van der Waals surface area contributed by atoms with Crippen LogP contribution in [0.25, 0.3) is 0 Å². The Morgan fingerprint density at radius 3 is 2.96 bits per heavy atom. The molecule has 0 radical (unpaired) electrons. The van der Waals surface area contributed by atoms with Gasteiger partial charge in [0.05, 0.1) is 13.2 Å². The summed E-state index contributed by atoms with van der Waals surface area (Å²) in [5, 5.41) is 4.05. The van der Waals surface area contributed by atoms with E-state index in [9.17, 15) is 4.79 Å². The lowest BCUT2D eigenvalue weighted by molar-refractivity contribution is -0.151. The normalized spacial score (nSPS) is 18.5. The van der Waals surface area contributed by atoms with Crippen molar-refractivity contribution in [2.45, 2.75) is 45.2 Å². The molecule has 1 aliphatic heterocycles. The van der Waals surface area contributed by atoms with Crippen molar-refractivity contribution in [1.82, 2.24) is 15.0 Å². The van der Waals surface area contributed by atoms with Crippen LogP contribution in [0, 0.1) is 0 Å². The Bertz CT molecular complexity index is 657. The van der Waals surface area contributed by atoms with Crippen LogP contribution in [0.5, 0.6) is 0 Å². The van der Waals surface area contributed by atoms with Gasteiger partial charge in [-0.1, -0.05) is 41.9 Å². The molecule has 6 heteroatoms. The molecule has 0 amide bonds. The first-order valence-electron chi connectivity index (χ1n) is 8.52.